The summed E-state index contributed by atoms with van der Waals surface area (Å²) in [6.07, 6.45) is 1.70. The van der Waals surface area contributed by atoms with Gasteiger partial charge in [0.15, 0.2) is 0 Å². The van der Waals surface area contributed by atoms with Crippen molar-refractivity contribution in [1.82, 2.24) is 5.32 Å². The van der Waals surface area contributed by atoms with Gasteiger partial charge in [0.05, 0.1) is 6.54 Å². The van der Waals surface area contributed by atoms with E-state index in [0.29, 0.717) is 18.8 Å². The van der Waals surface area contributed by atoms with Gasteiger partial charge >= 0.3 is 0 Å². The van der Waals surface area contributed by atoms with Gasteiger partial charge in [-0.2, -0.15) is 0 Å². The quantitative estimate of drug-likeness (QED) is 0.891. The smallest absolute Gasteiger partial charge is 0.134 e. The first-order valence-corrected chi connectivity index (χ1v) is 8.06. The van der Waals surface area contributed by atoms with Crippen molar-refractivity contribution >= 4 is 10.8 Å². The highest BCUT2D eigenvalue weighted by molar-refractivity contribution is 7.84. The molecular formula is C15H18FNO2S. The van der Waals surface area contributed by atoms with Crippen LogP contribution < -0.4 is 5.32 Å². The van der Waals surface area contributed by atoms with Crippen LogP contribution in [0.15, 0.2) is 40.8 Å². The van der Waals surface area contributed by atoms with Gasteiger partial charge in [0, 0.05) is 34.4 Å². The normalized spacial score (nSPS) is 14.2. The van der Waals surface area contributed by atoms with E-state index in [1.807, 2.05) is 19.1 Å². The van der Waals surface area contributed by atoms with E-state index in [1.165, 1.54) is 12.1 Å². The summed E-state index contributed by atoms with van der Waals surface area (Å²) in [6.45, 7) is 3.20. The van der Waals surface area contributed by atoms with Gasteiger partial charge in [-0.05, 0) is 43.3 Å². The number of hydrogen-bond donors (Lipinski definition) is 1. The fourth-order valence-corrected chi connectivity index (χ4v) is 2.11. The van der Waals surface area contributed by atoms with Crippen molar-refractivity contribution in [3.63, 3.8) is 0 Å². The summed E-state index contributed by atoms with van der Waals surface area (Å²) in [5.74, 6) is 1.26. The molecule has 0 radical (unpaired) electrons. The summed E-state index contributed by atoms with van der Waals surface area (Å²) in [7, 11) is -0.824. The van der Waals surface area contributed by atoms with Crippen molar-refractivity contribution in [3.8, 4) is 11.3 Å². The van der Waals surface area contributed by atoms with Crippen LogP contribution in [0, 0.1) is 5.82 Å². The van der Waals surface area contributed by atoms with Crippen LogP contribution in [0.1, 0.15) is 12.7 Å². The molecule has 3 nitrogen and oxygen atoms in total. The van der Waals surface area contributed by atoms with Crippen molar-refractivity contribution in [2.24, 2.45) is 0 Å². The second kappa shape index (κ2) is 6.81. The van der Waals surface area contributed by atoms with E-state index < -0.39 is 10.8 Å². The lowest BCUT2D eigenvalue weighted by Gasteiger charge is -2.08. The molecule has 20 heavy (non-hydrogen) atoms. The summed E-state index contributed by atoms with van der Waals surface area (Å²) in [4.78, 5) is 0. The van der Waals surface area contributed by atoms with Gasteiger partial charge in [0.25, 0.3) is 0 Å². The molecule has 0 amide bonds. The highest BCUT2D eigenvalue weighted by Crippen LogP contribution is 2.22. The Balaban J connectivity index is 1.92. The molecule has 2 unspecified atom stereocenters. The molecule has 108 valence electrons. The number of hydrogen-bond acceptors (Lipinski definition) is 3. The van der Waals surface area contributed by atoms with E-state index >= 15 is 0 Å². The lowest BCUT2D eigenvalue weighted by atomic mass is 10.2. The summed E-state index contributed by atoms with van der Waals surface area (Å²) in [6, 6.07) is 9.95. The standard InChI is InChI=1S/C15H18FNO2S/c1-11(20(2)18)9-17-10-14-7-8-15(19-14)12-3-5-13(16)6-4-12/h3-8,11,17H,9-10H2,1-2H3. The van der Waals surface area contributed by atoms with Crippen LogP contribution in [0.4, 0.5) is 4.39 Å². The predicted octanol–water partition coefficient (Wildman–Crippen LogP) is 2.94. The first kappa shape index (κ1) is 14.9. The van der Waals surface area contributed by atoms with Gasteiger partial charge in [0.2, 0.25) is 0 Å². The monoisotopic (exact) mass is 295 g/mol. The third-order valence-corrected chi connectivity index (χ3v) is 4.39. The van der Waals surface area contributed by atoms with E-state index in [4.69, 9.17) is 4.42 Å². The molecule has 1 N–H and O–H groups in total. The molecule has 0 aliphatic heterocycles. The molecule has 1 heterocycles. The molecule has 0 saturated heterocycles. The van der Waals surface area contributed by atoms with Crippen molar-refractivity contribution in [3.05, 3.63) is 48.0 Å². The third kappa shape index (κ3) is 4.02. The molecule has 2 rings (SSSR count). The molecule has 0 spiro atoms. The number of rotatable bonds is 6. The maximum absolute atomic E-state index is 12.8. The molecule has 2 atom stereocenters. The van der Waals surface area contributed by atoms with Gasteiger partial charge < -0.3 is 9.73 Å². The van der Waals surface area contributed by atoms with E-state index in [9.17, 15) is 8.60 Å². The molecule has 2 aromatic rings. The minimum atomic E-state index is -0.824. The van der Waals surface area contributed by atoms with Crippen LogP contribution in [0.5, 0.6) is 0 Å². The van der Waals surface area contributed by atoms with Crippen LogP contribution in [0.25, 0.3) is 11.3 Å². The minimum Gasteiger partial charge on any atom is -0.460 e. The second-order valence-electron chi connectivity index (χ2n) is 4.71. The fourth-order valence-electron chi connectivity index (χ4n) is 1.76. The molecular weight excluding hydrogens is 277 g/mol. The Kier molecular flexibility index (Phi) is 5.09. The molecule has 0 fully saturated rings. The summed E-state index contributed by atoms with van der Waals surface area (Å²) >= 11 is 0. The first-order valence-electron chi connectivity index (χ1n) is 6.44. The van der Waals surface area contributed by atoms with Gasteiger partial charge in [-0.1, -0.05) is 0 Å². The van der Waals surface area contributed by atoms with Gasteiger partial charge in [-0.15, -0.1) is 0 Å². The first-order chi connectivity index (χ1) is 9.56. The Morgan fingerprint density at radius 2 is 1.95 bits per heavy atom. The molecule has 0 aliphatic carbocycles. The zero-order valence-corrected chi connectivity index (χ0v) is 12.4. The summed E-state index contributed by atoms with van der Waals surface area (Å²) < 4.78 is 29.8. The Labute approximate surface area is 120 Å². The number of furan rings is 1. The Morgan fingerprint density at radius 3 is 2.60 bits per heavy atom. The van der Waals surface area contributed by atoms with Gasteiger partial charge in [0.1, 0.15) is 17.3 Å². The molecule has 5 heteroatoms. The van der Waals surface area contributed by atoms with Crippen molar-refractivity contribution < 1.29 is 13.0 Å². The molecule has 1 aromatic carbocycles. The third-order valence-electron chi connectivity index (χ3n) is 3.09. The van der Waals surface area contributed by atoms with Crippen LogP contribution >= 0.6 is 0 Å². The predicted molar refractivity (Wildman–Crippen MR) is 79.3 cm³/mol. The maximum Gasteiger partial charge on any atom is 0.134 e. The highest BCUT2D eigenvalue weighted by Gasteiger charge is 2.07. The molecule has 0 aliphatic rings. The van der Waals surface area contributed by atoms with Crippen molar-refractivity contribution in [2.75, 3.05) is 12.8 Å². The highest BCUT2D eigenvalue weighted by atomic mass is 32.2. The lowest BCUT2D eigenvalue weighted by molar-refractivity contribution is 0.493. The van der Waals surface area contributed by atoms with Crippen LogP contribution in [0.2, 0.25) is 0 Å². The van der Waals surface area contributed by atoms with Crippen molar-refractivity contribution in [1.29, 1.82) is 0 Å². The lowest BCUT2D eigenvalue weighted by Crippen LogP contribution is -2.26. The average molecular weight is 295 g/mol. The van der Waals surface area contributed by atoms with Crippen LogP contribution in [-0.4, -0.2) is 22.3 Å². The SMILES string of the molecule is CC(CNCc1ccc(-c2ccc(F)cc2)o1)S(C)=O. The van der Waals surface area contributed by atoms with E-state index in [0.717, 1.165) is 11.3 Å². The average Bonchev–Trinajstić information content (AvgIpc) is 2.88. The molecule has 0 bridgehead atoms. The summed E-state index contributed by atoms with van der Waals surface area (Å²) in [5, 5.41) is 3.32. The zero-order chi connectivity index (χ0) is 14.5. The van der Waals surface area contributed by atoms with Crippen molar-refractivity contribution in [2.45, 2.75) is 18.7 Å². The van der Waals surface area contributed by atoms with Gasteiger partial charge in [-0.25, -0.2) is 4.39 Å². The van der Waals surface area contributed by atoms with E-state index in [1.54, 1.807) is 18.4 Å². The minimum absolute atomic E-state index is 0.113. The Hall–Kier alpha value is -1.46. The fraction of sp³-hybridized carbons (Fsp3) is 0.333. The van der Waals surface area contributed by atoms with Crippen LogP contribution in [0.3, 0.4) is 0 Å². The second-order valence-corrected chi connectivity index (χ2v) is 6.51. The largest absolute Gasteiger partial charge is 0.460 e. The van der Waals surface area contributed by atoms with E-state index in [-0.39, 0.29) is 11.1 Å². The van der Waals surface area contributed by atoms with Crippen LogP contribution in [-0.2, 0) is 17.3 Å². The Morgan fingerprint density at radius 1 is 1.25 bits per heavy atom. The molecule has 1 aromatic heterocycles. The molecule has 0 saturated carbocycles. The number of halogens is 1. The maximum atomic E-state index is 12.8. The summed E-state index contributed by atoms with van der Waals surface area (Å²) in [5.41, 5.74) is 0.848. The van der Waals surface area contributed by atoms with E-state index in [2.05, 4.69) is 5.32 Å². The number of benzene rings is 1. The number of nitrogens with one attached hydrogen (secondary N) is 1. The Bertz CT molecular complexity index is 580. The topological polar surface area (TPSA) is 42.2 Å². The zero-order valence-electron chi connectivity index (χ0n) is 11.6. The van der Waals surface area contributed by atoms with Gasteiger partial charge in [-0.3, -0.25) is 4.21 Å².